The highest BCUT2D eigenvalue weighted by Crippen LogP contribution is 2.40. The lowest BCUT2D eigenvalue weighted by Crippen LogP contribution is -2.49. The number of carbonyl (C=O) groups is 1. The van der Waals surface area contributed by atoms with Gasteiger partial charge in [-0.05, 0) is 52.0 Å². The molecule has 3 fully saturated rings. The molecule has 6 nitrogen and oxygen atoms in total. The van der Waals surface area contributed by atoms with E-state index in [4.69, 9.17) is 4.74 Å². The molecule has 0 aliphatic carbocycles. The van der Waals surface area contributed by atoms with Crippen LogP contribution in [0, 0.1) is 0 Å². The summed E-state index contributed by atoms with van der Waals surface area (Å²) in [5.74, 6) is 0.346. The Morgan fingerprint density at radius 1 is 1.27 bits per heavy atom. The van der Waals surface area contributed by atoms with Gasteiger partial charge in [0, 0.05) is 56.5 Å². The van der Waals surface area contributed by atoms with Crippen molar-refractivity contribution in [3.05, 3.63) is 18.0 Å². The summed E-state index contributed by atoms with van der Waals surface area (Å²) in [6, 6.07) is 0. The number of nitrogens with zero attached hydrogens (tertiary/aromatic N) is 4. The molecule has 1 aromatic heterocycles. The summed E-state index contributed by atoms with van der Waals surface area (Å²) in [6.07, 6.45) is 11.8. The molecule has 1 aromatic rings. The number of hydrogen-bond acceptors (Lipinski definition) is 4. The van der Waals surface area contributed by atoms with Crippen LogP contribution in [0.1, 0.15) is 57.4 Å². The van der Waals surface area contributed by atoms with Crippen LogP contribution in [0.5, 0.6) is 0 Å². The summed E-state index contributed by atoms with van der Waals surface area (Å²) in [6.45, 7) is 7.85. The van der Waals surface area contributed by atoms with E-state index in [0.29, 0.717) is 5.91 Å². The van der Waals surface area contributed by atoms with Crippen molar-refractivity contribution in [3.63, 3.8) is 0 Å². The first-order valence-electron chi connectivity index (χ1n) is 10.3. The van der Waals surface area contributed by atoms with Crippen LogP contribution in [0.25, 0.3) is 0 Å². The largest absolute Gasteiger partial charge is 0.376 e. The van der Waals surface area contributed by atoms with Crippen molar-refractivity contribution < 1.29 is 9.53 Å². The Balaban J connectivity index is 1.40. The minimum atomic E-state index is 0.0748. The number of rotatable bonds is 5. The first-order valence-corrected chi connectivity index (χ1v) is 10.3. The van der Waals surface area contributed by atoms with Crippen molar-refractivity contribution in [1.82, 2.24) is 19.6 Å². The third kappa shape index (κ3) is 3.67. The van der Waals surface area contributed by atoms with Crippen LogP contribution in [-0.2, 0) is 22.6 Å². The zero-order valence-corrected chi connectivity index (χ0v) is 16.0. The van der Waals surface area contributed by atoms with Gasteiger partial charge in [0.05, 0.1) is 12.3 Å². The summed E-state index contributed by atoms with van der Waals surface area (Å²) in [5, 5.41) is 4.40. The van der Waals surface area contributed by atoms with Gasteiger partial charge in [-0.25, -0.2) is 0 Å². The molecule has 3 aliphatic rings. The van der Waals surface area contributed by atoms with Gasteiger partial charge in [0.25, 0.3) is 0 Å². The monoisotopic (exact) mass is 360 g/mol. The van der Waals surface area contributed by atoms with Crippen molar-refractivity contribution in [2.45, 2.75) is 76.6 Å². The van der Waals surface area contributed by atoms with Crippen LogP contribution in [0.15, 0.2) is 12.4 Å². The van der Waals surface area contributed by atoms with E-state index < -0.39 is 0 Å². The standard InChI is InChI=1S/C20H32N4O2/c1-2-23-15-17(13-21-23)14-22-10-4-7-20(9-11-22)8-6-19(25)24(20)16-18-5-3-12-26-18/h13,15,18H,2-12,14,16H2,1H3/t18-,20-/m1/s1. The van der Waals surface area contributed by atoms with E-state index in [1.807, 2.05) is 10.9 Å². The summed E-state index contributed by atoms with van der Waals surface area (Å²) >= 11 is 0. The molecule has 0 saturated carbocycles. The van der Waals surface area contributed by atoms with E-state index >= 15 is 0 Å². The van der Waals surface area contributed by atoms with Crippen LogP contribution >= 0.6 is 0 Å². The number of carbonyl (C=O) groups excluding carboxylic acids is 1. The van der Waals surface area contributed by atoms with Gasteiger partial charge >= 0.3 is 0 Å². The van der Waals surface area contributed by atoms with E-state index in [-0.39, 0.29) is 11.6 Å². The highest BCUT2D eigenvalue weighted by Gasteiger charge is 2.46. The Hall–Kier alpha value is -1.40. The Morgan fingerprint density at radius 3 is 2.96 bits per heavy atom. The van der Waals surface area contributed by atoms with E-state index in [9.17, 15) is 4.79 Å². The fourth-order valence-electron chi connectivity index (χ4n) is 4.99. The highest BCUT2D eigenvalue weighted by molar-refractivity contribution is 5.79. The lowest BCUT2D eigenvalue weighted by atomic mass is 9.87. The molecule has 3 saturated heterocycles. The average Bonchev–Trinajstić information content (AvgIpc) is 3.34. The molecule has 0 aromatic carbocycles. The maximum atomic E-state index is 12.6. The lowest BCUT2D eigenvalue weighted by molar-refractivity contribution is -0.133. The van der Waals surface area contributed by atoms with Gasteiger partial charge in [0.1, 0.15) is 0 Å². The molecule has 1 amide bonds. The van der Waals surface area contributed by atoms with Gasteiger partial charge in [0.15, 0.2) is 0 Å². The highest BCUT2D eigenvalue weighted by atomic mass is 16.5. The van der Waals surface area contributed by atoms with Crippen LogP contribution in [0.3, 0.4) is 0 Å². The summed E-state index contributed by atoms with van der Waals surface area (Å²) in [7, 11) is 0. The number of ether oxygens (including phenoxy) is 1. The first kappa shape index (κ1) is 18.0. The van der Waals surface area contributed by atoms with Gasteiger partial charge in [-0.3, -0.25) is 14.4 Å². The molecule has 4 heterocycles. The van der Waals surface area contributed by atoms with Crippen molar-refractivity contribution in [2.75, 3.05) is 26.2 Å². The number of aromatic nitrogens is 2. The van der Waals surface area contributed by atoms with Gasteiger partial charge in [-0.2, -0.15) is 5.10 Å². The van der Waals surface area contributed by atoms with Crippen LogP contribution < -0.4 is 0 Å². The lowest BCUT2D eigenvalue weighted by Gasteiger charge is -2.39. The Labute approximate surface area is 156 Å². The molecular formula is C20H32N4O2. The minimum absolute atomic E-state index is 0.0748. The second-order valence-electron chi connectivity index (χ2n) is 8.20. The predicted molar refractivity (Wildman–Crippen MR) is 99.7 cm³/mol. The SMILES string of the molecule is CCn1cc(CN2CCC[C@@]3(CCC(=O)N3C[C@H]3CCCO3)CC2)cn1. The van der Waals surface area contributed by atoms with Gasteiger partial charge < -0.3 is 9.64 Å². The molecule has 0 N–H and O–H groups in total. The number of likely N-dealkylation sites (tertiary alicyclic amines) is 2. The maximum Gasteiger partial charge on any atom is 0.223 e. The summed E-state index contributed by atoms with van der Waals surface area (Å²) < 4.78 is 7.82. The van der Waals surface area contributed by atoms with Gasteiger partial charge in [-0.15, -0.1) is 0 Å². The molecule has 0 radical (unpaired) electrons. The average molecular weight is 361 g/mol. The van der Waals surface area contributed by atoms with E-state index in [0.717, 1.165) is 84.3 Å². The normalized spacial score (nSPS) is 30.4. The Kier molecular flexibility index (Phi) is 5.32. The third-order valence-electron chi connectivity index (χ3n) is 6.51. The summed E-state index contributed by atoms with van der Waals surface area (Å²) in [4.78, 5) is 17.4. The van der Waals surface area contributed by atoms with Crippen molar-refractivity contribution >= 4 is 5.91 Å². The van der Waals surface area contributed by atoms with E-state index in [2.05, 4.69) is 28.0 Å². The zero-order valence-electron chi connectivity index (χ0n) is 16.0. The third-order valence-corrected chi connectivity index (χ3v) is 6.51. The van der Waals surface area contributed by atoms with Crippen molar-refractivity contribution in [3.8, 4) is 0 Å². The number of hydrogen-bond donors (Lipinski definition) is 0. The quantitative estimate of drug-likeness (QED) is 0.809. The van der Waals surface area contributed by atoms with Crippen molar-refractivity contribution in [2.24, 2.45) is 0 Å². The van der Waals surface area contributed by atoms with Crippen LogP contribution in [0.2, 0.25) is 0 Å². The fraction of sp³-hybridized carbons (Fsp3) is 0.800. The molecule has 144 valence electrons. The molecule has 0 bridgehead atoms. The van der Waals surface area contributed by atoms with Gasteiger partial charge in [-0.1, -0.05) is 0 Å². The molecule has 1 spiro atoms. The smallest absolute Gasteiger partial charge is 0.223 e. The molecule has 4 rings (SSSR count). The molecule has 6 heteroatoms. The second kappa shape index (κ2) is 7.69. The number of amides is 1. The first-order chi connectivity index (χ1) is 12.7. The molecule has 3 aliphatic heterocycles. The Bertz CT molecular complexity index is 625. The molecular weight excluding hydrogens is 328 g/mol. The topological polar surface area (TPSA) is 50.6 Å². The minimum Gasteiger partial charge on any atom is -0.376 e. The Morgan fingerprint density at radius 2 is 2.19 bits per heavy atom. The predicted octanol–water partition coefficient (Wildman–Crippen LogP) is 2.43. The zero-order chi connectivity index (χ0) is 18.0. The second-order valence-corrected chi connectivity index (χ2v) is 8.20. The van der Waals surface area contributed by atoms with Crippen LogP contribution in [0.4, 0.5) is 0 Å². The summed E-state index contributed by atoms with van der Waals surface area (Å²) in [5.41, 5.74) is 1.37. The molecule has 2 atom stereocenters. The van der Waals surface area contributed by atoms with Crippen molar-refractivity contribution in [1.29, 1.82) is 0 Å². The maximum absolute atomic E-state index is 12.6. The molecule has 26 heavy (non-hydrogen) atoms. The fourth-order valence-corrected chi connectivity index (χ4v) is 4.99. The molecule has 0 unspecified atom stereocenters. The van der Waals surface area contributed by atoms with Gasteiger partial charge in [0.2, 0.25) is 5.91 Å². The van der Waals surface area contributed by atoms with E-state index in [1.54, 1.807) is 0 Å². The van der Waals surface area contributed by atoms with Crippen LogP contribution in [-0.4, -0.2) is 63.4 Å². The number of aryl methyl sites for hydroxylation is 1. The van der Waals surface area contributed by atoms with E-state index in [1.165, 1.54) is 5.56 Å².